The number of nitrogens with zero attached hydrogens (tertiary/aromatic N) is 5. The minimum absolute atomic E-state index is 0.0849. The number of hydrogen-bond donors (Lipinski definition) is 0. The SMILES string of the molecule is COc1ccc([C@@H]2CCCCCN2C(=O)c2ccc(Cn3cnnn3)cc2)cc1. The zero-order valence-electron chi connectivity index (χ0n) is 16.6. The minimum atomic E-state index is 0.0849. The molecule has 7 heteroatoms. The van der Waals surface area contributed by atoms with E-state index in [-0.39, 0.29) is 11.9 Å². The third-order valence-corrected chi connectivity index (χ3v) is 5.45. The molecule has 2 aromatic carbocycles. The summed E-state index contributed by atoms with van der Waals surface area (Å²) >= 11 is 0. The number of rotatable bonds is 5. The van der Waals surface area contributed by atoms with E-state index in [0.717, 1.165) is 49.1 Å². The lowest BCUT2D eigenvalue weighted by Gasteiger charge is -2.31. The summed E-state index contributed by atoms with van der Waals surface area (Å²) in [5.41, 5.74) is 2.93. The average Bonchev–Trinajstić information content (AvgIpc) is 3.15. The van der Waals surface area contributed by atoms with E-state index >= 15 is 0 Å². The van der Waals surface area contributed by atoms with Crippen molar-refractivity contribution < 1.29 is 9.53 Å². The summed E-state index contributed by atoms with van der Waals surface area (Å²) in [6, 6.07) is 15.9. The van der Waals surface area contributed by atoms with E-state index < -0.39 is 0 Å². The van der Waals surface area contributed by atoms with Crippen LogP contribution in [0.15, 0.2) is 54.9 Å². The summed E-state index contributed by atoms with van der Waals surface area (Å²) in [5, 5.41) is 11.2. The molecule has 1 aliphatic rings. The molecule has 1 aromatic heterocycles. The average molecular weight is 391 g/mol. The molecule has 1 atom stereocenters. The van der Waals surface area contributed by atoms with Gasteiger partial charge in [0.2, 0.25) is 0 Å². The first-order chi connectivity index (χ1) is 14.2. The molecule has 3 aromatic rings. The maximum atomic E-state index is 13.4. The summed E-state index contributed by atoms with van der Waals surface area (Å²) in [6.45, 7) is 1.36. The fraction of sp³-hybridized carbons (Fsp3) is 0.364. The van der Waals surface area contributed by atoms with E-state index in [9.17, 15) is 4.79 Å². The fourth-order valence-electron chi connectivity index (χ4n) is 3.88. The van der Waals surface area contributed by atoms with Crippen molar-refractivity contribution >= 4 is 5.91 Å². The van der Waals surface area contributed by atoms with Crippen LogP contribution in [0.2, 0.25) is 0 Å². The zero-order valence-corrected chi connectivity index (χ0v) is 16.6. The Hall–Kier alpha value is -3.22. The Kier molecular flexibility index (Phi) is 5.84. The van der Waals surface area contributed by atoms with E-state index in [1.165, 1.54) is 0 Å². The number of benzene rings is 2. The van der Waals surface area contributed by atoms with Crippen molar-refractivity contribution in [1.82, 2.24) is 25.1 Å². The second-order valence-corrected chi connectivity index (χ2v) is 7.34. The van der Waals surface area contributed by atoms with Gasteiger partial charge in [0.05, 0.1) is 19.7 Å². The normalized spacial score (nSPS) is 17.0. The number of carbonyl (C=O) groups is 1. The number of carbonyl (C=O) groups excluding carboxylic acids is 1. The van der Waals surface area contributed by atoms with Gasteiger partial charge in [-0.05, 0) is 58.7 Å². The lowest BCUT2D eigenvalue weighted by molar-refractivity contribution is 0.0681. The summed E-state index contributed by atoms with van der Waals surface area (Å²) in [6.07, 6.45) is 5.88. The Morgan fingerprint density at radius 1 is 1.07 bits per heavy atom. The lowest BCUT2D eigenvalue weighted by Crippen LogP contribution is -2.34. The van der Waals surface area contributed by atoms with Crippen LogP contribution in [0.4, 0.5) is 0 Å². The highest BCUT2D eigenvalue weighted by molar-refractivity contribution is 5.94. The molecular weight excluding hydrogens is 366 g/mol. The van der Waals surface area contributed by atoms with Crippen LogP contribution < -0.4 is 4.74 Å². The molecule has 1 amide bonds. The molecule has 29 heavy (non-hydrogen) atoms. The van der Waals surface area contributed by atoms with Crippen molar-refractivity contribution in [3.63, 3.8) is 0 Å². The van der Waals surface area contributed by atoms with Crippen LogP contribution in [-0.4, -0.2) is 44.7 Å². The van der Waals surface area contributed by atoms with Gasteiger partial charge in [0.1, 0.15) is 12.1 Å². The maximum absolute atomic E-state index is 13.4. The van der Waals surface area contributed by atoms with Crippen molar-refractivity contribution in [3.8, 4) is 5.75 Å². The van der Waals surface area contributed by atoms with Gasteiger partial charge < -0.3 is 9.64 Å². The van der Waals surface area contributed by atoms with Crippen molar-refractivity contribution in [2.24, 2.45) is 0 Å². The topological polar surface area (TPSA) is 73.1 Å². The van der Waals surface area contributed by atoms with E-state index in [2.05, 4.69) is 27.7 Å². The van der Waals surface area contributed by atoms with E-state index in [1.807, 2.05) is 41.3 Å². The first-order valence-electron chi connectivity index (χ1n) is 9.99. The van der Waals surface area contributed by atoms with Crippen molar-refractivity contribution in [1.29, 1.82) is 0 Å². The first-order valence-corrected chi connectivity index (χ1v) is 9.99. The van der Waals surface area contributed by atoms with Gasteiger partial charge >= 0.3 is 0 Å². The Morgan fingerprint density at radius 3 is 2.55 bits per heavy atom. The third kappa shape index (κ3) is 4.45. The summed E-state index contributed by atoms with van der Waals surface area (Å²) in [5.74, 6) is 0.917. The van der Waals surface area contributed by atoms with Crippen LogP contribution in [0.3, 0.4) is 0 Å². The van der Waals surface area contributed by atoms with Gasteiger partial charge in [-0.1, -0.05) is 37.1 Å². The van der Waals surface area contributed by atoms with Crippen molar-refractivity contribution in [2.45, 2.75) is 38.3 Å². The fourth-order valence-corrected chi connectivity index (χ4v) is 3.88. The van der Waals surface area contributed by atoms with Crippen LogP contribution >= 0.6 is 0 Å². The molecule has 0 unspecified atom stereocenters. The smallest absolute Gasteiger partial charge is 0.254 e. The first kappa shape index (κ1) is 19.1. The van der Waals surface area contributed by atoms with Gasteiger partial charge in [-0.3, -0.25) is 4.79 Å². The molecule has 0 saturated carbocycles. The van der Waals surface area contributed by atoms with Gasteiger partial charge in [-0.15, -0.1) is 5.10 Å². The minimum Gasteiger partial charge on any atom is -0.497 e. The van der Waals surface area contributed by atoms with Gasteiger partial charge in [0.25, 0.3) is 5.91 Å². The second-order valence-electron chi connectivity index (χ2n) is 7.34. The molecule has 1 fully saturated rings. The predicted octanol–water partition coefficient (Wildman–Crippen LogP) is 3.49. The Morgan fingerprint density at radius 2 is 1.86 bits per heavy atom. The van der Waals surface area contributed by atoms with Crippen LogP contribution in [0.5, 0.6) is 5.75 Å². The van der Waals surface area contributed by atoms with Crippen LogP contribution in [-0.2, 0) is 6.54 Å². The van der Waals surface area contributed by atoms with Crippen LogP contribution in [0.1, 0.15) is 53.2 Å². The molecular formula is C22H25N5O2. The van der Waals surface area contributed by atoms with Gasteiger partial charge in [-0.25, -0.2) is 4.68 Å². The van der Waals surface area contributed by atoms with Crippen molar-refractivity contribution in [2.75, 3.05) is 13.7 Å². The quantitative estimate of drug-likeness (QED) is 0.666. The standard InChI is InChI=1S/C22H25N5O2/c1-29-20-12-10-18(11-13-20)21-5-3-2-4-14-27(21)22(28)19-8-6-17(7-9-19)15-26-16-23-24-25-26/h6-13,16,21H,2-5,14-15H2,1H3/t21-/m0/s1. The third-order valence-electron chi connectivity index (χ3n) is 5.45. The van der Waals surface area contributed by atoms with E-state index in [4.69, 9.17) is 4.74 Å². The van der Waals surface area contributed by atoms with E-state index in [0.29, 0.717) is 12.1 Å². The molecule has 0 aliphatic carbocycles. The lowest BCUT2D eigenvalue weighted by atomic mass is 9.99. The maximum Gasteiger partial charge on any atom is 0.254 e. The largest absolute Gasteiger partial charge is 0.497 e. The zero-order chi connectivity index (χ0) is 20.1. The van der Waals surface area contributed by atoms with Crippen LogP contribution in [0.25, 0.3) is 0 Å². The second kappa shape index (κ2) is 8.86. The Labute approximate surface area is 170 Å². The monoisotopic (exact) mass is 391 g/mol. The highest BCUT2D eigenvalue weighted by Crippen LogP contribution is 2.32. The van der Waals surface area contributed by atoms with Gasteiger partial charge in [-0.2, -0.15) is 0 Å². The summed E-state index contributed by atoms with van der Waals surface area (Å²) < 4.78 is 6.94. The highest BCUT2D eigenvalue weighted by Gasteiger charge is 2.27. The molecule has 1 saturated heterocycles. The Bertz CT molecular complexity index is 923. The van der Waals surface area contributed by atoms with Crippen molar-refractivity contribution in [3.05, 3.63) is 71.5 Å². The number of methoxy groups -OCH3 is 1. The molecule has 0 N–H and O–H groups in total. The molecule has 7 nitrogen and oxygen atoms in total. The van der Waals surface area contributed by atoms with Gasteiger partial charge in [0, 0.05) is 12.1 Å². The predicted molar refractivity (Wildman–Crippen MR) is 109 cm³/mol. The summed E-state index contributed by atoms with van der Waals surface area (Å²) in [7, 11) is 1.67. The molecule has 0 bridgehead atoms. The number of hydrogen-bond acceptors (Lipinski definition) is 5. The molecule has 4 rings (SSSR count). The molecule has 1 aliphatic heterocycles. The van der Waals surface area contributed by atoms with Crippen LogP contribution in [0, 0.1) is 0 Å². The number of tetrazole rings is 1. The van der Waals surface area contributed by atoms with E-state index in [1.54, 1.807) is 18.1 Å². The van der Waals surface area contributed by atoms with Gasteiger partial charge in [0.15, 0.2) is 0 Å². The summed E-state index contributed by atoms with van der Waals surface area (Å²) in [4.78, 5) is 15.4. The molecule has 0 spiro atoms. The molecule has 0 radical (unpaired) electrons. The number of amides is 1. The highest BCUT2D eigenvalue weighted by atomic mass is 16.5. The number of likely N-dealkylation sites (tertiary alicyclic amines) is 1. The Balaban J connectivity index is 1.53. The number of aromatic nitrogens is 4. The molecule has 150 valence electrons. The number of ether oxygens (including phenoxy) is 1. The molecule has 2 heterocycles.